The zero-order valence-corrected chi connectivity index (χ0v) is 18.8. The highest BCUT2D eigenvalue weighted by Gasteiger charge is 2.24. The Morgan fingerprint density at radius 2 is 1.85 bits per heavy atom. The zero-order chi connectivity index (χ0) is 23.4. The van der Waals surface area contributed by atoms with Crippen LogP contribution in [0.3, 0.4) is 0 Å². The molecule has 0 saturated carbocycles. The first kappa shape index (κ1) is 22.4. The molecule has 0 saturated heterocycles. The van der Waals surface area contributed by atoms with E-state index < -0.39 is 11.9 Å². The van der Waals surface area contributed by atoms with Crippen molar-refractivity contribution >= 4 is 29.2 Å². The lowest BCUT2D eigenvalue weighted by Crippen LogP contribution is -2.43. The molecule has 2 aromatic carbocycles. The topological polar surface area (TPSA) is 109 Å². The summed E-state index contributed by atoms with van der Waals surface area (Å²) in [5.41, 5.74) is 2.90. The van der Waals surface area contributed by atoms with Crippen molar-refractivity contribution < 1.29 is 23.9 Å². The van der Waals surface area contributed by atoms with E-state index in [1.165, 1.54) is 0 Å². The van der Waals surface area contributed by atoms with Gasteiger partial charge >= 0.3 is 6.03 Å². The highest BCUT2D eigenvalue weighted by Crippen LogP contribution is 2.32. The van der Waals surface area contributed by atoms with Gasteiger partial charge in [0.15, 0.2) is 11.5 Å². The van der Waals surface area contributed by atoms with Crippen molar-refractivity contribution in [2.45, 2.75) is 32.7 Å². The van der Waals surface area contributed by atoms with Gasteiger partial charge in [-0.15, -0.1) is 0 Å². The van der Waals surface area contributed by atoms with Crippen LogP contribution in [-0.4, -0.2) is 50.2 Å². The van der Waals surface area contributed by atoms with Crippen LogP contribution in [-0.2, 0) is 11.2 Å². The number of nitrogens with one attached hydrogen (secondary N) is 3. The quantitative estimate of drug-likeness (QED) is 0.644. The molecule has 0 aromatic heterocycles. The highest BCUT2D eigenvalue weighted by molar-refractivity contribution is 6.03. The largest absolute Gasteiger partial charge is 0.486 e. The summed E-state index contributed by atoms with van der Waals surface area (Å²) in [4.78, 5) is 39.4. The molecule has 0 atom stereocenters. The first-order valence-corrected chi connectivity index (χ1v) is 11.1. The van der Waals surface area contributed by atoms with Crippen molar-refractivity contribution in [2.75, 3.05) is 36.5 Å². The maximum Gasteiger partial charge on any atom is 0.325 e. The molecule has 0 bridgehead atoms. The third kappa shape index (κ3) is 5.36. The molecule has 2 aliphatic rings. The summed E-state index contributed by atoms with van der Waals surface area (Å²) in [6.45, 7) is 5.44. The summed E-state index contributed by atoms with van der Waals surface area (Å²) in [5, 5.41) is 7.94. The molecule has 174 valence electrons. The molecule has 0 spiro atoms. The van der Waals surface area contributed by atoms with Gasteiger partial charge in [-0.05, 0) is 56.5 Å². The van der Waals surface area contributed by atoms with E-state index in [4.69, 9.17) is 9.47 Å². The van der Waals surface area contributed by atoms with Crippen molar-refractivity contribution in [3.63, 3.8) is 0 Å². The standard InChI is InChI=1S/C24H28N4O5/c1-15(2)25-23(30)18-5-3-7-19-17(18)6-4-10-28(19)14-22(29)27-24(31)26-16-8-9-20-21(13-16)33-12-11-32-20/h3,5,7-9,13,15H,4,6,10-12,14H2,1-2H3,(H,25,30)(H2,26,27,29,31). The molecular formula is C24H28N4O5. The van der Waals surface area contributed by atoms with Crippen molar-refractivity contribution in [3.8, 4) is 11.5 Å². The minimum Gasteiger partial charge on any atom is -0.486 e. The molecule has 9 heteroatoms. The number of nitrogens with zero attached hydrogens (tertiary/aromatic N) is 1. The van der Waals surface area contributed by atoms with Gasteiger partial charge in [-0.1, -0.05) is 6.07 Å². The zero-order valence-electron chi connectivity index (χ0n) is 18.8. The Bertz CT molecular complexity index is 1070. The van der Waals surface area contributed by atoms with Crippen LogP contribution in [0, 0.1) is 0 Å². The van der Waals surface area contributed by atoms with Crippen LogP contribution in [0.2, 0.25) is 0 Å². The number of carbonyl (C=O) groups excluding carboxylic acids is 3. The van der Waals surface area contributed by atoms with E-state index in [-0.39, 0.29) is 18.5 Å². The SMILES string of the molecule is CC(C)NC(=O)c1cccc2c1CCCN2CC(=O)NC(=O)Nc1ccc2c(c1)OCCO2. The predicted molar refractivity (Wildman–Crippen MR) is 124 cm³/mol. The van der Waals surface area contributed by atoms with Crippen LogP contribution in [0.4, 0.5) is 16.2 Å². The van der Waals surface area contributed by atoms with E-state index in [1.54, 1.807) is 24.3 Å². The second kappa shape index (κ2) is 9.81. The van der Waals surface area contributed by atoms with Crippen LogP contribution in [0.1, 0.15) is 36.2 Å². The van der Waals surface area contributed by atoms with Crippen molar-refractivity contribution in [1.82, 2.24) is 10.6 Å². The molecule has 2 aliphatic heterocycles. The molecule has 0 aliphatic carbocycles. The van der Waals surface area contributed by atoms with Gasteiger partial charge in [0.25, 0.3) is 5.91 Å². The normalized spacial score (nSPS) is 14.3. The Hall–Kier alpha value is -3.75. The molecule has 4 amide bonds. The fourth-order valence-corrected chi connectivity index (χ4v) is 4.04. The highest BCUT2D eigenvalue weighted by atomic mass is 16.6. The Morgan fingerprint density at radius 1 is 1.06 bits per heavy atom. The lowest BCUT2D eigenvalue weighted by atomic mass is 9.95. The number of ether oxygens (including phenoxy) is 2. The number of hydrogen-bond acceptors (Lipinski definition) is 6. The van der Waals surface area contributed by atoms with Gasteiger partial charge in [0.05, 0.1) is 6.54 Å². The monoisotopic (exact) mass is 452 g/mol. The number of imide groups is 1. The van der Waals surface area contributed by atoms with Gasteiger partial charge < -0.3 is 25.0 Å². The summed E-state index contributed by atoms with van der Waals surface area (Å²) >= 11 is 0. The maximum absolute atomic E-state index is 12.6. The van der Waals surface area contributed by atoms with Crippen molar-refractivity contribution in [2.24, 2.45) is 0 Å². The number of fused-ring (bicyclic) bond motifs is 2. The van der Waals surface area contributed by atoms with E-state index in [0.717, 1.165) is 24.1 Å². The molecule has 0 fully saturated rings. The predicted octanol–water partition coefficient (Wildman–Crippen LogP) is 2.70. The van der Waals surface area contributed by atoms with Gasteiger partial charge in [-0.3, -0.25) is 14.9 Å². The molecule has 0 radical (unpaired) electrons. The van der Waals surface area contributed by atoms with Gasteiger partial charge in [0.2, 0.25) is 5.91 Å². The van der Waals surface area contributed by atoms with Crippen LogP contribution in [0.5, 0.6) is 11.5 Å². The van der Waals surface area contributed by atoms with Gasteiger partial charge in [-0.2, -0.15) is 0 Å². The van der Waals surface area contributed by atoms with Crippen LogP contribution < -0.4 is 30.3 Å². The average molecular weight is 453 g/mol. The van der Waals surface area contributed by atoms with E-state index in [9.17, 15) is 14.4 Å². The van der Waals surface area contributed by atoms with E-state index in [0.29, 0.717) is 42.5 Å². The summed E-state index contributed by atoms with van der Waals surface area (Å²) < 4.78 is 11.0. The fourth-order valence-electron chi connectivity index (χ4n) is 4.04. The van der Waals surface area contributed by atoms with Crippen molar-refractivity contribution in [1.29, 1.82) is 0 Å². The molecule has 4 rings (SSSR count). The lowest BCUT2D eigenvalue weighted by Gasteiger charge is -2.31. The van der Waals surface area contributed by atoms with Gasteiger partial charge in [0, 0.05) is 35.6 Å². The minimum absolute atomic E-state index is 0.0107. The van der Waals surface area contributed by atoms with Crippen LogP contribution in [0.15, 0.2) is 36.4 Å². The minimum atomic E-state index is -0.626. The van der Waals surface area contributed by atoms with E-state index in [1.807, 2.05) is 30.9 Å². The summed E-state index contributed by atoms with van der Waals surface area (Å²) in [5.74, 6) is 0.614. The number of rotatable bonds is 5. The number of benzene rings is 2. The number of urea groups is 1. The van der Waals surface area contributed by atoms with E-state index in [2.05, 4.69) is 16.0 Å². The number of carbonyl (C=O) groups is 3. The number of amides is 4. The first-order valence-electron chi connectivity index (χ1n) is 11.1. The molecule has 33 heavy (non-hydrogen) atoms. The van der Waals surface area contributed by atoms with Crippen molar-refractivity contribution in [3.05, 3.63) is 47.5 Å². The molecule has 0 unspecified atom stereocenters. The molecule has 3 N–H and O–H groups in total. The van der Waals surface area contributed by atoms with Crippen LogP contribution in [0.25, 0.3) is 0 Å². The third-order valence-corrected chi connectivity index (χ3v) is 5.40. The Kier molecular flexibility index (Phi) is 6.67. The Morgan fingerprint density at radius 3 is 2.64 bits per heavy atom. The number of hydrogen-bond donors (Lipinski definition) is 3. The first-order chi connectivity index (χ1) is 15.9. The molecule has 2 aromatic rings. The smallest absolute Gasteiger partial charge is 0.325 e. The van der Waals surface area contributed by atoms with Gasteiger partial charge in [0.1, 0.15) is 13.2 Å². The fraction of sp³-hybridized carbons (Fsp3) is 0.375. The average Bonchev–Trinajstić information content (AvgIpc) is 2.78. The van der Waals surface area contributed by atoms with Gasteiger partial charge in [-0.25, -0.2) is 4.79 Å². The lowest BCUT2D eigenvalue weighted by molar-refractivity contribution is -0.118. The summed E-state index contributed by atoms with van der Waals surface area (Å²) in [7, 11) is 0. The molecule has 9 nitrogen and oxygen atoms in total. The summed E-state index contributed by atoms with van der Waals surface area (Å²) in [6.07, 6.45) is 1.58. The third-order valence-electron chi connectivity index (χ3n) is 5.40. The van der Waals surface area contributed by atoms with Crippen LogP contribution >= 0.6 is 0 Å². The molecular weight excluding hydrogens is 424 g/mol. The number of anilines is 2. The summed E-state index contributed by atoms with van der Waals surface area (Å²) in [6, 6.07) is 9.99. The second-order valence-corrected chi connectivity index (χ2v) is 8.32. The van der Waals surface area contributed by atoms with E-state index >= 15 is 0 Å². The maximum atomic E-state index is 12.6. The Balaban J connectivity index is 1.38. The second-order valence-electron chi connectivity index (χ2n) is 8.32. The molecule has 2 heterocycles. The Labute approximate surface area is 192 Å².